The summed E-state index contributed by atoms with van der Waals surface area (Å²) in [6, 6.07) is 6.61. The van der Waals surface area contributed by atoms with E-state index in [4.69, 9.17) is 5.73 Å². The SMILES string of the molecule is Cc1cc(CN)ccc1N1CCC(C(C)C)C1. The monoisotopic (exact) mass is 232 g/mol. The Hall–Kier alpha value is -1.02. The van der Waals surface area contributed by atoms with Crippen LogP contribution in [0, 0.1) is 18.8 Å². The van der Waals surface area contributed by atoms with Crippen LogP contribution in [0.2, 0.25) is 0 Å². The van der Waals surface area contributed by atoms with Crippen molar-refractivity contribution in [2.45, 2.75) is 33.7 Å². The third-order valence-corrected chi connectivity index (χ3v) is 4.01. The maximum absolute atomic E-state index is 5.67. The highest BCUT2D eigenvalue weighted by atomic mass is 15.2. The maximum Gasteiger partial charge on any atom is 0.0396 e. The van der Waals surface area contributed by atoms with E-state index in [0.29, 0.717) is 6.54 Å². The Morgan fingerprint density at radius 1 is 1.41 bits per heavy atom. The molecule has 1 heterocycles. The third-order valence-electron chi connectivity index (χ3n) is 4.01. The van der Waals surface area contributed by atoms with Crippen LogP contribution in [0.5, 0.6) is 0 Å². The maximum atomic E-state index is 5.67. The minimum Gasteiger partial charge on any atom is -0.371 e. The van der Waals surface area contributed by atoms with Crippen LogP contribution in [0.1, 0.15) is 31.4 Å². The van der Waals surface area contributed by atoms with Crippen LogP contribution < -0.4 is 10.6 Å². The van der Waals surface area contributed by atoms with Gasteiger partial charge in [-0.05, 0) is 42.4 Å². The van der Waals surface area contributed by atoms with Crippen molar-refractivity contribution in [3.05, 3.63) is 29.3 Å². The van der Waals surface area contributed by atoms with Crippen LogP contribution in [0.25, 0.3) is 0 Å². The largest absolute Gasteiger partial charge is 0.371 e. The van der Waals surface area contributed by atoms with Crippen molar-refractivity contribution in [3.63, 3.8) is 0 Å². The van der Waals surface area contributed by atoms with Gasteiger partial charge in [-0.3, -0.25) is 0 Å². The first-order chi connectivity index (χ1) is 8.11. The van der Waals surface area contributed by atoms with Gasteiger partial charge in [0.15, 0.2) is 0 Å². The minimum absolute atomic E-state index is 0.635. The number of anilines is 1. The number of nitrogens with two attached hydrogens (primary N) is 1. The molecule has 0 saturated carbocycles. The topological polar surface area (TPSA) is 29.3 Å². The predicted molar refractivity (Wildman–Crippen MR) is 74.2 cm³/mol. The molecule has 1 fully saturated rings. The van der Waals surface area contributed by atoms with Gasteiger partial charge in [-0.15, -0.1) is 0 Å². The molecule has 2 nitrogen and oxygen atoms in total. The van der Waals surface area contributed by atoms with E-state index in [9.17, 15) is 0 Å². The van der Waals surface area contributed by atoms with Crippen LogP contribution in [-0.2, 0) is 6.54 Å². The Morgan fingerprint density at radius 3 is 2.71 bits per heavy atom. The number of nitrogens with zero attached hydrogens (tertiary/aromatic N) is 1. The molecule has 0 spiro atoms. The lowest BCUT2D eigenvalue weighted by molar-refractivity contribution is 0.422. The van der Waals surface area contributed by atoms with E-state index in [-0.39, 0.29) is 0 Å². The molecule has 1 atom stereocenters. The summed E-state index contributed by atoms with van der Waals surface area (Å²) in [5.41, 5.74) is 9.65. The lowest BCUT2D eigenvalue weighted by atomic mass is 9.95. The number of benzene rings is 1. The average molecular weight is 232 g/mol. The molecule has 0 aliphatic carbocycles. The molecule has 1 aliphatic heterocycles. The van der Waals surface area contributed by atoms with Crippen LogP contribution in [0.4, 0.5) is 5.69 Å². The number of hydrogen-bond donors (Lipinski definition) is 1. The lowest BCUT2D eigenvalue weighted by Crippen LogP contribution is -2.22. The quantitative estimate of drug-likeness (QED) is 0.868. The number of hydrogen-bond acceptors (Lipinski definition) is 2. The zero-order chi connectivity index (χ0) is 12.4. The summed E-state index contributed by atoms with van der Waals surface area (Å²) in [5.74, 6) is 1.65. The van der Waals surface area contributed by atoms with Crippen molar-refractivity contribution in [3.8, 4) is 0 Å². The van der Waals surface area contributed by atoms with Gasteiger partial charge in [0.05, 0.1) is 0 Å². The van der Waals surface area contributed by atoms with Crippen LogP contribution in [0.3, 0.4) is 0 Å². The highest BCUT2D eigenvalue weighted by molar-refractivity contribution is 5.55. The second-order valence-corrected chi connectivity index (χ2v) is 5.56. The summed E-state index contributed by atoms with van der Waals surface area (Å²) < 4.78 is 0. The molecule has 0 bridgehead atoms. The van der Waals surface area contributed by atoms with E-state index >= 15 is 0 Å². The highest BCUT2D eigenvalue weighted by Gasteiger charge is 2.25. The first-order valence-electron chi connectivity index (χ1n) is 6.66. The van der Waals surface area contributed by atoms with E-state index in [1.807, 2.05) is 0 Å². The molecule has 1 unspecified atom stereocenters. The van der Waals surface area contributed by atoms with E-state index in [0.717, 1.165) is 11.8 Å². The Kier molecular flexibility index (Phi) is 3.72. The van der Waals surface area contributed by atoms with E-state index in [1.165, 1.54) is 36.3 Å². The minimum atomic E-state index is 0.635. The zero-order valence-electron chi connectivity index (χ0n) is 11.2. The molecule has 2 rings (SSSR count). The zero-order valence-corrected chi connectivity index (χ0v) is 11.2. The van der Waals surface area contributed by atoms with Gasteiger partial charge in [-0.25, -0.2) is 0 Å². The predicted octanol–water partition coefficient (Wildman–Crippen LogP) is 2.94. The van der Waals surface area contributed by atoms with Crippen molar-refractivity contribution in [1.82, 2.24) is 0 Å². The van der Waals surface area contributed by atoms with Gasteiger partial charge in [0, 0.05) is 25.3 Å². The fourth-order valence-corrected chi connectivity index (χ4v) is 2.75. The van der Waals surface area contributed by atoms with E-state index in [2.05, 4.69) is 43.9 Å². The van der Waals surface area contributed by atoms with Crippen LogP contribution >= 0.6 is 0 Å². The normalized spacial score (nSPS) is 20.3. The summed E-state index contributed by atoms with van der Waals surface area (Å²) >= 11 is 0. The summed E-state index contributed by atoms with van der Waals surface area (Å²) in [6.45, 7) is 9.90. The van der Waals surface area contributed by atoms with Gasteiger partial charge >= 0.3 is 0 Å². The lowest BCUT2D eigenvalue weighted by Gasteiger charge is -2.22. The molecule has 2 heteroatoms. The van der Waals surface area contributed by atoms with Gasteiger partial charge in [-0.1, -0.05) is 26.0 Å². The van der Waals surface area contributed by atoms with Gasteiger partial charge in [0.25, 0.3) is 0 Å². The van der Waals surface area contributed by atoms with Gasteiger partial charge < -0.3 is 10.6 Å². The Morgan fingerprint density at radius 2 is 2.18 bits per heavy atom. The first kappa shape index (κ1) is 12.4. The summed E-state index contributed by atoms with van der Waals surface area (Å²) in [5, 5.41) is 0. The molecule has 0 amide bonds. The molecule has 1 saturated heterocycles. The summed E-state index contributed by atoms with van der Waals surface area (Å²) in [4.78, 5) is 2.53. The smallest absolute Gasteiger partial charge is 0.0396 e. The fraction of sp³-hybridized carbons (Fsp3) is 0.600. The average Bonchev–Trinajstić information content (AvgIpc) is 2.78. The molecule has 0 radical (unpaired) electrons. The Labute approximate surface area is 105 Å². The van der Waals surface area contributed by atoms with Gasteiger partial charge in [0.2, 0.25) is 0 Å². The molecule has 1 aromatic carbocycles. The molecular weight excluding hydrogens is 208 g/mol. The van der Waals surface area contributed by atoms with Crippen molar-refractivity contribution in [2.75, 3.05) is 18.0 Å². The van der Waals surface area contributed by atoms with Gasteiger partial charge in [-0.2, -0.15) is 0 Å². The summed E-state index contributed by atoms with van der Waals surface area (Å²) in [7, 11) is 0. The van der Waals surface area contributed by atoms with Crippen molar-refractivity contribution < 1.29 is 0 Å². The van der Waals surface area contributed by atoms with Crippen LogP contribution in [0.15, 0.2) is 18.2 Å². The number of rotatable bonds is 3. The Balaban J connectivity index is 2.13. The van der Waals surface area contributed by atoms with E-state index < -0.39 is 0 Å². The van der Waals surface area contributed by atoms with Crippen molar-refractivity contribution >= 4 is 5.69 Å². The standard InChI is InChI=1S/C15H24N2/c1-11(2)14-6-7-17(10-14)15-5-4-13(9-16)8-12(15)3/h4-5,8,11,14H,6-7,9-10,16H2,1-3H3. The van der Waals surface area contributed by atoms with Gasteiger partial charge in [0.1, 0.15) is 0 Å². The molecule has 1 aromatic rings. The second-order valence-electron chi connectivity index (χ2n) is 5.56. The molecule has 94 valence electrons. The third kappa shape index (κ3) is 2.63. The van der Waals surface area contributed by atoms with E-state index in [1.54, 1.807) is 0 Å². The molecular formula is C15H24N2. The molecule has 2 N–H and O–H groups in total. The molecule has 0 aromatic heterocycles. The molecule has 1 aliphatic rings. The second kappa shape index (κ2) is 5.09. The fourth-order valence-electron chi connectivity index (χ4n) is 2.75. The highest BCUT2D eigenvalue weighted by Crippen LogP contribution is 2.30. The Bertz CT molecular complexity index is 385. The summed E-state index contributed by atoms with van der Waals surface area (Å²) in [6.07, 6.45) is 1.33. The first-order valence-corrected chi connectivity index (χ1v) is 6.66. The van der Waals surface area contributed by atoms with Crippen molar-refractivity contribution in [1.29, 1.82) is 0 Å². The van der Waals surface area contributed by atoms with Crippen molar-refractivity contribution in [2.24, 2.45) is 17.6 Å². The van der Waals surface area contributed by atoms with Crippen LogP contribution in [-0.4, -0.2) is 13.1 Å². The number of aryl methyl sites for hydroxylation is 1. The molecule has 17 heavy (non-hydrogen) atoms.